The summed E-state index contributed by atoms with van der Waals surface area (Å²) in [6.07, 6.45) is 5.15. The molecule has 0 aliphatic heterocycles. The third-order valence-corrected chi connectivity index (χ3v) is 0.749. The van der Waals surface area contributed by atoms with Gasteiger partial charge in [-0.25, -0.2) is 0 Å². The van der Waals surface area contributed by atoms with Crippen LogP contribution in [0.15, 0.2) is 30.3 Å². The number of hydrogen-bond acceptors (Lipinski definition) is 2. The highest BCUT2D eigenvalue weighted by Crippen LogP contribution is 1.69. The fourth-order valence-electron chi connectivity index (χ4n) is 0.364. The molecule has 0 fully saturated rings. The van der Waals surface area contributed by atoms with E-state index in [1.807, 2.05) is 20.2 Å². The van der Waals surface area contributed by atoms with Gasteiger partial charge < -0.3 is 4.90 Å². The third-order valence-electron chi connectivity index (χ3n) is 0.749. The van der Waals surface area contributed by atoms with Crippen molar-refractivity contribution in [1.29, 1.82) is 0 Å². The van der Waals surface area contributed by atoms with Crippen molar-refractivity contribution in [2.75, 3.05) is 27.7 Å². The lowest BCUT2D eigenvalue weighted by molar-refractivity contribution is 0.457. The zero-order valence-electron chi connectivity index (χ0n) is 7.75. The first-order valence-electron chi connectivity index (χ1n) is 3.47. The maximum Gasteiger partial charge on any atom is 0.0277 e. The van der Waals surface area contributed by atoms with Crippen LogP contribution in [0.5, 0.6) is 0 Å². The maximum atomic E-state index is 3.61. The first kappa shape index (κ1) is 12.8. The van der Waals surface area contributed by atoms with Crippen LogP contribution in [0.25, 0.3) is 0 Å². The van der Waals surface area contributed by atoms with Gasteiger partial charge in [-0.3, -0.25) is 4.99 Å². The predicted molar refractivity (Wildman–Crippen MR) is 53.4 cm³/mol. The lowest BCUT2D eigenvalue weighted by Crippen LogP contribution is -2.09. The second kappa shape index (κ2) is 11.9. The molecule has 0 spiro atoms. The SMILES string of the molecule is C=CC=NC.C=CCN(C)C. The van der Waals surface area contributed by atoms with E-state index in [0.29, 0.717) is 0 Å². The first-order valence-corrected chi connectivity index (χ1v) is 3.47. The normalized spacial score (nSPS) is 9.09. The first-order chi connectivity index (χ1) is 5.18. The number of aliphatic imine (C=N–C) groups is 1. The van der Waals surface area contributed by atoms with Crippen LogP contribution in [0.2, 0.25) is 0 Å². The Kier molecular flexibility index (Phi) is 13.7. The summed E-state index contributed by atoms with van der Waals surface area (Å²) >= 11 is 0. The van der Waals surface area contributed by atoms with E-state index in [0.717, 1.165) is 6.54 Å². The lowest BCUT2D eigenvalue weighted by atomic mass is 10.6. The molecular formula is C9H18N2. The molecule has 0 amide bonds. The van der Waals surface area contributed by atoms with Crippen LogP contribution in [0.4, 0.5) is 0 Å². The van der Waals surface area contributed by atoms with Gasteiger partial charge in [0.2, 0.25) is 0 Å². The van der Waals surface area contributed by atoms with Gasteiger partial charge in [-0.1, -0.05) is 18.7 Å². The minimum Gasteiger partial charge on any atom is -0.306 e. The number of nitrogens with zero attached hydrogens (tertiary/aromatic N) is 2. The van der Waals surface area contributed by atoms with Gasteiger partial charge >= 0.3 is 0 Å². The monoisotopic (exact) mass is 154 g/mol. The Morgan fingerprint density at radius 2 is 1.91 bits per heavy atom. The van der Waals surface area contributed by atoms with Gasteiger partial charge in [-0.05, 0) is 14.1 Å². The van der Waals surface area contributed by atoms with Gasteiger partial charge in [0.15, 0.2) is 0 Å². The molecule has 2 heteroatoms. The van der Waals surface area contributed by atoms with E-state index in [9.17, 15) is 0 Å². The Balaban J connectivity index is 0. The fraction of sp³-hybridized carbons (Fsp3) is 0.444. The van der Waals surface area contributed by atoms with E-state index in [1.165, 1.54) is 0 Å². The minimum absolute atomic E-state index is 0.972. The molecule has 0 saturated carbocycles. The predicted octanol–water partition coefficient (Wildman–Crippen LogP) is 1.61. The Morgan fingerprint density at radius 3 is 1.91 bits per heavy atom. The van der Waals surface area contributed by atoms with E-state index in [2.05, 4.69) is 23.1 Å². The smallest absolute Gasteiger partial charge is 0.0277 e. The van der Waals surface area contributed by atoms with Crippen molar-refractivity contribution in [3.63, 3.8) is 0 Å². The molecule has 2 nitrogen and oxygen atoms in total. The van der Waals surface area contributed by atoms with Crippen LogP contribution < -0.4 is 0 Å². The van der Waals surface area contributed by atoms with E-state index in [1.54, 1.807) is 19.3 Å². The second-order valence-electron chi connectivity index (χ2n) is 2.19. The summed E-state index contributed by atoms with van der Waals surface area (Å²) in [6.45, 7) is 7.93. The molecule has 0 aliphatic rings. The molecule has 0 radical (unpaired) electrons. The molecule has 0 rings (SSSR count). The Labute approximate surface area is 69.9 Å². The molecule has 0 heterocycles. The molecule has 0 aromatic rings. The molecule has 11 heavy (non-hydrogen) atoms. The molecule has 0 atom stereocenters. The molecule has 64 valence electrons. The average Bonchev–Trinajstić information content (AvgIpc) is 1.90. The van der Waals surface area contributed by atoms with Crippen molar-refractivity contribution in [2.45, 2.75) is 0 Å². The molecule has 0 unspecified atom stereocenters. The van der Waals surface area contributed by atoms with Crippen molar-refractivity contribution in [3.05, 3.63) is 25.3 Å². The molecule has 0 aromatic heterocycles. The zero-order valence-corrected chi connectivity index (χ0v) is 7.75. The van der Waals surface area contributed by atoms with Crippen LogP contribution in [-0.2, 0) is 0 Å². The van der Waals surface area contributed by atoms with E-state index in [-0.39, 0.29) is 0 Å². The molecular weight excluding hydrogens is 136 g/mol. The Hall–Kier alpha value is -0.890. The van der Waals surface area contributed by atoms with E-state index < -0.39 is 0 Å². The van der Waals surface area contributed by atoms with Gasteiger partial charge in [0, 0.05) is 19.8 Å². The van der Waals surface area contributed by atoms with Crippen molar-refractivity contribution < 1.29 is 0 Å². The van der Waals surface area contributed by atoms with Crippen LogP contribution in [0, 0.1) is 0 Å². The maximum absolute atomic E-state index is 3.61. The fourth-order valence-corrected chi connectivity index (χ4v) is 0.364. The molecule has 0 aromatic carbocycles. The number of allylic oxidation sites excluding steroid dienone is 1. The minimum atomic E-state index is 0.972. The Morgan fingerprint density at radius 1 is 1.36 bits per heavy atom. The topological polar surface area (TPSA) is 15.6 Å². The summed E-state index contributed by atoms with van der Waals surface area (Å²) in [7, 11) is 5.74. The summed E-state index contributed by atoms with van der Waals surface area (Å²) in [4.78, 5) is 5.67. The zero-order chi connectivity index (χ0) is 9.11. The molecule has 0 N–H and O–H groups in total. The summed E-state index contributed by atoms with van der Waals surface area (Å²) in [6, 6.07) is 0. The van der Waals surface area contributed by atoms with Crippen molar-refractivity contribution >= 4 is 6.21 Å². The van der Waals surface area contributed by atoms with Crippen molar-refractivity contribution in [1.82, 2.24) is 4.90 Å². The van der Waals surface area contributed by atoms with Gasteiger partial charge in [0.25, 0.3) is 0 Å². The summed E-state index contributed by atoms with van der Waals surface area (Å²) < 4.78 is 0. The van der Waals surface area contributed by atoms with Crippen molar-refractivity contribution in [2.24, 2.45) is 4.99 Å². The van der Waals surface area contributed by atoms with Crippen LogP contribution in [0.3, 0.4) is 0 Å². The average molecular weight is 154 g/mol. The lowest BCUT2D eigenvalue weighted by Gasteiger charge is -2.01. The van der Waals surface area contributed by atoms with Crippen LogP contribution in [-0.4, -0.2) is 38.8 Å². The van der Waals surface area contributed by atoms with Crippen LogP contribution in [0.1, 0.15) is 0 Å². The summed E-state index contributed by atoms with van der Waals surface area (Å²) in [5.41, 5.74) is 0. The quantitative estimate of drug-likeness (QED) is 0.445. The van der Waals surface area contributed by atoms with Gasteiger partial charge in [0.05, 0.1) is 0 Å². The number of hydrogen-bond donors (Lipinski definition) is 0. The highest BCUT2D eigenvalue weighted by atomic mass is 15.0. The van der Waals surface area contributed by atoms with Gasteiger partial charge in [-0.15, -0.1) is 6.58 Å². The van der Waals surface area contributed by atoms with E-state index >= 15 is 0 Å². The standard InChI is InChI=1S/C5H11N.C4H7N/c1-4-5-6(2)3;1-3-4-5-2/h4H,1,5H2,2-3H3;3-4H,1H2,2H3. The van der Waals surface area contributed by atoms with Gasteiger partial charge in [0.1, 0.15) is 0 Å². The van der Waals surface area contributed by atoms with Crippen molar-refractivity contribution in [3.8, 4) is 0 Å². The van der Waals surface area contributed by atoms with Crippen LogP contribution >= 0.6 is 0 Å². The van der Waals surface area contributed by atoms with E-state index in [4.69, 9.17) is 0 Å². The highest BCUT2D eigenvalue weighted by Gasteiger charge is 1.75. The highest BCUT2D eigenvalue weighted by molar-refractivity contribution is 5.69. The second-order valence-corrected chi connectivity index (χ2v) is 2.19. The summed E-state index contributed by atoms with van der Waals surface area (Å²) in [5.74, 6) is 0. The number of likely N-dealkylation sites (N-methyl/N-ethyl adjacent to an activating group) is 1. The van der Waals surface area contributed by atoms with Gasteiger partial charge in [-0.2, -0.15) is 0 Å². The largest absolute Gasteiger partial charge is 0.306 e. The molecule has 0 saturated heterocycles. The summed E-state index contributed by atoms with van der Waals surface area (Å²) in [5, 5.41) is 0. The molecule has 0 bridgehead atoms. The third kappa shape index (κ3) is 27.3. The number of rotatable bonds is 3. The Bertz CT molecular complexity index is 115. The molecule has 0 aliphatic carbocycles.